The third kappa shape index (κ3) is 3.68. The zero-order valence-electron chi connectivity index (χ0n) is 11.7. The van der Waals surface area contributed by atoms with Crippen molar-refractivity contribution in [2.24, 2.45) is 5.92 Å². The summed E-state index contributed by atoms with van der Waals surface area (Å²) < 4.78 is 11.7. The Morgan fingerprint density at radius 3 is 2.42 bits per heavy atom. The minimum atomic E-state index is -2.02. The lowest BCUT2D eigenvalue weighted by molar-refractivity contribution is -0.126. The second kappa shape index (κ2) is 5.48. The molecule has 104 valence electrons. The van der Waals surface area contributed by atoms with E-state index in [9.17, 15) is 9.36 Å². The Hall–Kier alpha value is -1.12. The molecule has 0 atom stereocenters. The normalized spacial score (nSPS) is 17.0. The van der Waals surface area contributed by atoms with Gasteiger partial charge in [-0.25, -0.2) is 0 Å². The first-order chi connectivity index (χ1) is 8.87. The van der Waals surface area contributed by atoms with E-state index in [1.807, 2.05) is 37.4 Å². The molecular formula is C14H21N2O2P. The van der Waals surface area contributed by atoms with E-state index in [4.69, 9.17) is 0 Å². The second-order valence-corrected chi connectivity index (χ2v) is 9.11. The molecule has 1 fully saturated rings. The van der Waals surface area contributed by atoms with Crippen molar-refractivity contribution in [1.29, 1.82) is 0 Å². The van der Waals surface area contributed by atoms with Crippen molar-refractivity contribution in [3.05, 3.63) is 30.3 Å². The highest BCUT2D eigenvalue weighted by Crippen LogP contribution is 2.38. The summed E-state index contributed by atoms with van der Waals surface area (Å²) in [7, 11) is -0.214. The van der Waals surface area contributed by atoms with Gasteiger partial charge < -0.3 is 9.46 Å². The third-order valence-corrected chi connectivity index (χ3v) is 4.40. The molecule has 4 nitrogen and oxygen atoms in total. The SMILES string of the molecule is CN(C(=O)C1CN(CP(C)(C)=O)C1)c1ccccc1. The van der Waals surface area contributed by atoms with E-state index >= 15 is 0 Å². The summed E-state index contributed by atoms with van der Waals surface area (Å²) in [5, 5.41) is 0. The van der Waals surface area contributed by atoms with Crippen LogP contribution in [-0.4, -0.2) is 50.6 Å². The van der Waals surface area contributed by atoms with E-state index in [2.05, 4.69) is 4.90 Å². The fourth-order valence-electron chi connectivity index (χ4n) is 2.38. The van der Waals surface area contributed by atoms with Crippen molar-refractivity contribution in [1.82, 2.24) is 4.90 Å². The van der Waals surface area contributed by atoms with Gasteiger partial charge in [0.05, 0.1) is 19.3 Å². The van der Waals surface area contributed by atoms with Crippen LogP contribution in [0.2, 0.25) is 0 Å². The lowest BCUT2D eigenvalue weighted by atomic mass is 9.99. The smallest absolute Gasteiger partial charge is 0.232 e. The Kier molecular flexibility index (Phi) is 4.12. The molecule has 0 unspecified atom stereocenters. The van der Waals surface area contributed by atoms with Gasteiger partial charge in [-0.1, -0.05) is 18.2 Å². The van der Waals surface area contributed by atoms with Gasteiger partial charge in [-0.05, 0) is 25.5 Å². The quantitative estimate of drug-likeness (QED) is 0.794. The van der Waals surface area contributed by atoms with Gasteiger partial charge in [0.25, 0.3) is 0 Å². The average molecular weight is 280 g/mol. The molecule has 5 heteroatoms. The maximum absolute atomic E-state index is 12.3. The topological polar surface area (TPSA) is 40.6 Å². The van der Waals surface area contributed by atoms with Crippen LogP contribution >= 0.6 is 7.14 Å². The summed E-state index contributed by atoms with van der Waals surface area (Å²) in [5.41, 5.74) is 0.919. The van der Waals surface area contributed by atoms with Gasteiger partial charge in [0.1, 0.15) is 0 Å². The van der Waals surface area contributed by atoms with Crippen molar-refractivity contribution in [2.75, 3.05) is 44.7 Å². The molecule has 0 radical (unpaired) electrons. The molecule has 0 spiro atoms. The predicted molar refractivity (Wildman–Crippen MR) is 79.2 cm³/mol. The zero-order valence-corrected chi connectivity index (χ0v) is 12.6. The summed E-state index contributed by atoms with van der Waals surface area (Å²) in [6, 6.07) is 9.65. The molecule has 0 N–H and O–H groups in total. The number of carbonyl (C=O) groups excluding carboxylic acids is 1. The molecule has 0 bridgehead atoms. The summed E-state index contributed by atoms with van der Waals surface area (Å²) >= 11 is 0. The first-order valence-electron chi connectivity index (χ1n) is 6.46. The van der Waals surface area contributed by atoms with Crippen LogP contribution in [0.1, 0.15) is 0 Å². The van der Waals surface area contributed by atoms with Gasteiger partial charge in [0.2, 0.25) is 5.91 Å². The molecule has 0 aromatic heterocycles. The Labute approximate surface area is 114 Å². The Bertz CT molecular complexity index is 491. The minimum absolute atomic E-state index is 0.0387. The largest absolute Gasteiger partial charge is 0.323 e. The number of para-hydroxylation sites is 1. The molecule has 1 amide bonds. The monoisotopic (exact) mass is 280 g/mol. The molecule has 1 aromatic rings. The van der Waals surface area contributed by atoms with Crippen LogP contribution in [0.3, 0.4) is 0 Å². The summed E-state index contributed by atoms with van der Waals surface area (Å²) in [6.07, 6.45) is 0.617. The van der Waals surface area contributed by atoms with Crippen LogP contribution in [0.4, 0.5) is 5.69 Å². The Morgan fingerprint density at radius 1 is 1.32 bits per heavy atom. The number of likely N-dealkylation sites (tertiary alicyclic amines) is 1. The van der Waals surface area contributed by atoms with Crippen LogP contribution < -0.4 is 4.90 Å². The maximum Gasteiger partial charge on any atom is 0.232 e. The van der Waals surface area contributed by atoms with Crippen LogP contribution in [0, 0.1) is 5.92 Å². The third-order valence-electron chi connectivity index (χ3n) is 3.32. The van der Waals surface area contributed by atoms with Crippen molar-refractivity contribution in [2.45, 2.75) is 0 Å². The first kappa shape index (κ1) is 14.3. The summed E-state index contributed by atoms with van der Waals surface area (Å²) in [6.45, 7) is 5.03. The van der Waals surface area contributed by atoms with Gasteiger partial charge in [-0.3, -0.25) is 9.69 Å². The van der Waals surface area contributed by atoms with E-state index < -0.39 is 7.14 Å². The van der Waals surface area contributed by atoms with E-state index in [1.54, 1.807) is 18.2 Å². The van der Waals surface area contributed by atoms with Crippen LogP contribution in [-0.2, 0) is 9.36 Å². The lowest BCUT2D eigenvalue weighted by Crippen LogP contribution is -2.54. The van der Waals surface area contributed by atoms with Crippen LogP contribution in [0.25, 0.3) is 0 Å². The van der Waals surface area contributed by atoms with Crippen molar-refractivity contribution in [3.63, 3.8) is 0 Å². The van der Waals surface area contributed by atoms with Crippen LogP contribution in [0.15, 0.2) is 30.3 Å². The van der Waals surface area contributed by atoms with Gasteiger partial charge in [0, 0.05) is 25.8 Å². The molecule has 2 rings (SSSR count). The molecule has 1 heterocycles. The number of nitrogens with zero attached hydrogens (tertiary/aromatic N) is 2. The van der Waals surface area contributed by atoms with E-state index in [-0.39, 0.29) is 11.8 Å². The molecule has 1 aromatic carbocycles. The highest BCUT2D eigenvalue weighted by Gasteiger charge is 2.36. The van der Waals surface area contributed by atoms with Crippen molar-refractivity contribution < 1.29 is 9.36 Å². The summed E-state index contributed by atoms with van der Waals surface area (Å²) in [4.78, 5) is 16.1. The number of amides is 1. The molecule has 1 aliphatic rings. The number of carbonyl (C=O) groups is 1. The standard InChI is InChI=1S/C14H21N2O2P/c1-15(13-7-5-4-6-8-13)14(17)12-9-16(10-12)11-19(2,3)18/h4-8,12H,9-11H2,1-3H3. The number of anilines is 1. The van der Waals surface area contributed by atoms with Gasteiger partial charge in [-0.2, -0.15) is 0 Å². The first-order valence-corrected chi connectivity index (χ1v) is 9.24. The minimum Gasteiger partial charge on any atom is -0.323 e. The average Bonchev–Trinajstić information content (AvgIpc) is 2.31. The number of hydrogen-bond acceptors (Lipinski definition) is 3. The molecule has 19 heavy (non-hydrogen) atoms. The number of hydrogen-bond donors (Lipinski definition) is 0. The number of rotatable bonds is 4. The van der Waals surface area contributed by atoms with Gasteiger partial charge >= 0.3 is 0 Å². The van der Waals surface area contributed by atoms with E-state index in [1.165, 1.54) is 0 Å². The van der Waals surface area contributed by atoms with Crippen molar-refractivity contribution >= 4 is 18.7 Å². The lowest BCUT2D eigenvalue weighted by Gasteiger charge is -2.40. The Balaban J connectivity index is 1.88. The molecule has 0 saturated carbocycles. The predicted octanol–water partition coefficient (Wildman–Crippen LogP) is 2.16. The van der Waals surface area contributed by atoms with E-state index in [0.717, 1.165) is 18.8 Å². The maximum atomic E-state index is 12.3. The molecule has 1 saturated heterocycles. The fourth-order valence-corrected chi connectivity index (χ4v) is 3.57. The van der Waals surface area contributed by atoms with Crippen LogP contribution in [0.5, 0.6) is 0 Å². The molecular weight excluding hydrogens is 259 g/mol. The highest BCUT2D eigenvalue weighted by molar-refractivity contribution is 7.62. The van der Waals surface area contributed by atoms with Gasteiger partial charge in [0.15, 0.2) is 0 Å². The van der Waals surface area contributed by atoms with Gasteiger partial charge in [-0.15, -0.1) is 0 Å². The van der Waals surface area contributed by atoms with Crippen molar-refractivity contribution in [3.8, 4) is 0 Å². The molecule has 1 aliphatic heterocycles. The van der Waals surface area contributed by atoms with E-state index in [0.29, 0.717) is 6.29 Å². The highest BCUT2D eigenvalue weighted by atomic mass is 31.2. The molecule has 0 aliphatic carbocycles. The number of benzene rings is 1. The summed E-state index contributed by atoms with van der Waals surface area (Å²) in [5.74, 6) is 0.182. The fraction of sp³-hybridized carbons (Fsp3) is 0.500. The second-order valence-electron chi connectivity index (χ2n) is 5.68. The Morgan fingerprint density at radius 2 is 1.89 bits per heavy atom. The zero-order chi connectivity index (χ0) is 14.0.